The van der Waals surface area contributed by atoms with Crippen LogP contribution in [-0.2, 0) is 4.79 Å². The highest BCUT2D eigenvalue weighted by molar-refractivity contribution is 5.83. The summed E-state index contributed by atoms with van der Waals surface area (Å²) in [5.41, 5.74) is 0. The number of aliphatic carboxylic acids is 1. The molecule has 1 aliphatic heterocycles. The molecule has 6 nitrogen and oxygen atoms in total. The third-order valence-electron chi connectivity index (χ3n) is 3.20. The van der Waals surface area contributed by atoms with Crippen LogP contribution in [0, 0.1) is 5.92 Å². The second kappa shape index (κ2) is 6.65. The van der Waals surface area contributed by atoms with Crippen LogP contribution in [0.4, 0.5) is 13.6 Å². The molecule has 2 N–H and O–H groups in total. The number of hydrogen-bond acceptors (Lipinski definition) is 3. The summed E-state index contributed by atoms with van der Waals surface area (Å²) in [6, 6.07) is -1.75. The monoisotopic (exact) mass is 280 g/mol. The number of hydrogen-bond donors (Lipinski definition) is 2. The smallest absolute Gasteiger partial charge is 0.326 e. The molecule has 110 valence electrons. The van der Waals surface area contributed by atoms with Crippen LogP contribution in [0.1, 0.15) is 13.3 Å². The summed E-state index contributed by atoms with van der Waals surface area (Å²) in [4.78, 5) is 25.1. The van der Waals surface area contributed by atoms with Crippen molar-refractivity contribution in [2.24, 2.45) is 5.92 Å². The van der Waals surface area contributed by atoms with E-state index in [1.54, 1.807) is 6.92 Å². The first-order valence-electron chi connectivity index (χ1n) is 6.05. The van der Waals surface area contributed by atoms with E-state index in [2.05, 4.69) is 0 Å². The van der Waals surface area contributed by atoms with Crippen LogP contribution >= 0.6 is 0 Å². The zero-order chi connectivity index (χ0) is 14.6. The minimum absolute atomic E-state index is 0.219. The molecule has 1 rings (SSSR count). The fourth-order valence-electron chi connectivity index (χ4n) is 2.27. The molecule has 1 heterocycles. The van der Waals surface area contributed by atoms with Gasteiger partial charge in [-0.15, -0.1) is 0 Å². The molecule has 8 heteroatoms. The lowest BCUT2D eigenvalue weighted by molar-refractivity contribution is -0.142. The molecule has 1 aliphatic rings. The Bertz CT molecular complexity index is 341. The average Bonchev–Trinajstić information content (AvgIpc) is 2.69. The van der Waals surface area contributed by atoms with Crippen LogP contribution in [0.2, 0.25) is 0 Å². The number of amides is 2. The van der Waals surface area contributed by atoms with Gasteiger partial charge in [0.15, 0.2) is 0 Å². The molecule has 0 bridgehead atoms. The van der Waals surface area contributed by atoms with Gasteiger partial charge in [0, 0.05) is 13.1 Å². The van der Waals surface area contributed by atoms with E-state index in [0.29, 0.717) is 6.42 Å². The molecule has 0 aliphatic carbocycles. The van der Waals surface area contributed by atoms with Crippen molar-refractivity contribution in [1.82, 2.24) is 9.80 Å². The number of carboxylic acids is 1. The SMILES string of the molecule is CC1CCN(C(=O)N(CCO)CC(F)F)C1C(=O)O. The van der Waals surface area contributed by atoms with Crippen molar-refractivity contribution in [1.29, 1.82) is 0 Å². The van der Waals surface area contributed by atoms with Crippen LogP contribution in [0.5, 0.6) is 0 Å². The maximum Gasteiger partial charge on any atom is 0.326 e. The van der Waals surface area contributed by atoms with Gasteiger partial charge in [0.2, 0.25) is 0 Å². The molecule has 2 amide bonds. The Morgan fingerprint density at radius 3 is 2.58 bits per heavy atom. The largest absolute Gasteiger partial charge is 0.480 e. The van der Waals surface area contributed by atoms with Gasteiger partial charge in [0.25, 0.3) is 6.43 Å². The fourth-order valence-corrected chi connectivity index (χ4v) is 2.27. The van der Waals surface area contributed by atoms with E-state index in [1.165, 1.54) is 0 Å². The Morgan fingerprint density at radius 2 is 2.11 bits per heavy atom. The van der Waals surface area contributed by atoms with Gasteiger partial charge >= 0.3 is 12.0 Å². The van der Waals surface area contributed by atoms with Gasteiger partial charge in [-0.3, -0.25) is 0 Å². The summed E-state index contributed by atoms with van der Waals surface area (Å²) >= 11 is 0. The van der Waals surface area contributed by atoms with E-state index < -0.39 is 37.6 Å². The van der Waals surface area contributed by atoms with E-state index in [-0.39, 0.29) is 19.0 Å². The molecule has 2 atom stereocenters. The molecular formula is C11H18F2N2O4. The first kappa shape index (κ1) is 15.6. The number of rotatable bonds is 5. The Labute approximate surface area is 109 Å². The first-order chi connectivity index (χ1) is 8.88. The van der Waals surface area contributed by atoms with Crippen molar-refractivity contribution in [3.05, 3.63) is 0 Å². The predicted molar refractivity (Wildman–Crippen MR) is 62.0 cm³/mol. The number of aliphatic hydroxyl groups is 1. The zero-order valence-electron chi connectivity index (χ0n) is 10.6. The highest BCUT2D eigenvalue weighted by Gasteiger charge is 2.41. The Hall–Kier alpha value is -1.44. The number of carboxylic acid groups (broad SMARTS) is 1. The summed E-state index contributed by atoms with van der Waals surface area (Å²) in [5, 5.41) is 17.9. The summed E-state index contributed by atoms with van der Waals surface area (Å²) in [6.45, 7) is 0.439. The normalized spacial score (nSPS) is 22.9. The molecule has 19 heavy (non-hydrogen) atoms. The summed E-state index contributed by atoms with van der Waals surface area (Å²) < 4.78 is 24.8. The highest BCUT2D eigenvalue weighted by atomic mass is 19.3. The van der Waals surface area contributed by atoms with Gasteiger partial charge in [-0.05, 0) is 12.3 Å². The molecule has 0 aromatic heterocycles. The molecule has 1 fully saturated rings. The Morgan fingerprint density at radius 1 is 1.47 bits per heavy atom. The Kier molecular flexibility index (Phi) is 5.46. The van der Waals surface area contributed by atoms with Gasteiger partial charge in [-0.25, -0.2) is 18.4 Å². The number of nitrogens with zero attached hydrogens (tertiary/aromatic N) is 2. The summed E-state index contributed by atoms with van der Waals surface area (Å²) in [6.07, 6.45) is -2.21. The molecular weight excluding hydrogens is 262 g/mol. The lowest BCUT2D eigenvalue weighted by Gasteiger charge is -2.30. The molecule has 2 unspecified atom stereocenters. The highest BCUT2D eigenvalue weighted by Crippen LogP contribution is 2.25. The molecule has 0 saturated carbocycles. The van der Waals surface area contributed by atoms with Gasteiger partial charge in [-0.1, -0.05) is 6.92 Å². The lowest BCUT2D eigenvalue weighted by Crippen LogP contribution is -2.51. The third-order valence-corrected chi connectivity index (χ3v) is 3.20. The van der Waals surface area contributed by atoms with Crippen LogP contribution in [0.15, 0.2) is 0 Å². The number of carbonyl (C=O) groups is 2. The average molecular weight is 280 g/mol. The number of halogens is 2. The second-order valence-corrected chi connectivity index (χ2v) is 4.59. The lowest BCUT2D eigenvalue weighted by atomic mass is 10.0. The van der Waals surface area contributed by atoms with Crippen molar-refractivity contribution in [2.45, 2.75) is 25.8 Å². The maximum absolute atomic E-state index is 12.4. The van der Waals surface area contributed by atoms with Crippen molar-refractivity contribution in [2.75, 3.05) is 26.2 Å². The summed E-state index contributed by atoms with van der Waals surface area (Å²) in [5.74, 6) is -1.36. The quantitative estimate of drug-likeness (QED) is 0.766. The number of urea groups is 1. The summed E-state index contributed by atoms with van der Waals surface area (Å²) in [7, 11) is 0. The van der Waals surface area contributed by atoms with Crippen LogP contribution < -0.4 is 0 Å². The second-order valence-electron chi connectivity index (χ2n) is 4.59. The van der Waals surface area contributed by atoms with Gasteiger partial charge < -0.3 is 20.0 Å². The molecule has 0 spiro atoms. The minimum Gasteiger partial charge on any atom is -0.480 e. The number of likely N-dealkylation sites (tertiary alicyclic amines) is 1. The molecule has 0 radical (unpaired) electrons. The van der Waals surface area contributed by atoms with Crippen molar-refractivity contribution in [3.63, 3.8) is 0 Å². The number of alkyl halides is 2. The van der Waals surface area contributed by atoms with Gasteiger partial charge in [0.1, 0.15) is 6.04 Å². The van der Waals surface area contributed by atoms with Crippen molar-refractivity contribution < 1.29 is 28.6 Å². The van der Waals surface area contributed by atoms with E-state index in [1.807, 2.05) is 0 Å². The molecule has 0 aromatic rings. The molecule has 0 aromatic carbocycles. The molecule has 1 saturated heterocycles. The van der Waals surface area contributed by atoms with E-state index >= 15 is 0 Å². The first-order valence-corrected chi connectivity index (χ1v) is 6.05. The Balaban J connectivity index is 2.80. The number of aliphatic hydroxyl groups excluding tert-OH is 1. The van der Waals surface area contributed by atoms with Crippen LogP contribution in [0.25, 0.3) is 0 Å². The van der Waals surface area contributed by atoms with Crippen LogP contribution in [0.3, 0.4) is 0 Å². The number of carbonyl (C=O) groups excluding carboxylic acids is 1. The van der Waals surface area contributed by atoms with E-state index in [4.69, 9.17) is 10.2 Å². The fraction of sp³-hybridized carbons (Fsp3) is 0.818. The third kappa shape index (κ3) is 3.76. The van der Waals surface area contributed by atoms with Crippen LogP contribution in [-0.4, -0.2) is 70.7 Å². The van der Waals surface area contributed by atoms with E-state index in [0.717, 1.165) is 9.80 Å². The topological polar surface area (TPSA) is 81.1 Å². The van der Waals surface area contributed by atoms with E-state index in [9.17, 15) is 18.4 Å². The van der Waals surface area contributed by atoms with Crippen molar-refractivity contribution >= 4 is 12.0 Å². The predicted octanol–water partition coefficient (Wildman–Crippen LogP) is 0.461. The minimum atomic E-state index is -2.72. The van der Waals surface area contributed by atoms with Crippen molar-refractivity contribution in [3.8, 4) is 0 Å². The zero-order valence-corrected chi connectivity index (χ0v) is 10.6. The van der Waals surface area contributed by atoms with Gasteiger partial charge in [-0.2, -0.15) is 0 Å². The van der Waals surface area contributed by atoms with Gasteiger partial charge in [0.05, 0.1) is 13.2 Å². The maximum atomic E-state index is 12.4. The standard InChI is InChI=1S/C11H18F2N2O4/c1-7-2-3-15(9(7)10(17)18)11(19)14(4-5-16)6-8(12)13/h7-9,16H,2-6H2,1H3,(H,17,18).